The number of ether oxygens (including phenoxy) is 1. The number of carbonyl (C=O) groups is 1. The normalized spacial score (nSPS) is 17.5. The smallest absolute Gasteiger partial charge is 0.255 e. The van der Waals surface area contributed by atoms with Crippen molar-refractivity contribution in [3.05, 3.63) is 46.0 Å². The van der Waals surface area contributed by atoms with Crippen molar-refractivity contribution < 1.29 is 9.53 Å². The van der Waals surface area contributed by atoms with Crippen molar-refractivity contribution in [3.63, 3.8) is 0 Å². The average Bonchev–Trinajstić information content (AvgIpc) is 2.65. The van der Waals surface area contributed by atoms with E-state index in [1.807, 2.05) is 13.0 Å². The Morgan fingerprint density at radius 2 is 2.28 bits per heavy atom. The molecule has 1 amide bonds. The van der Waals surface area contributed by atoms with Crippen LogP contribution in [0.2, 0.25) is 0 Å². The molecule has 1 aliphatic rings. The summed E-state index contributed by atoms with van der Waals surface area (Å²) in [6, 6.07) is 5.41. The maximum absolute atomic E-state index is 12.6. The zero-order valence-corrected chi connectivity index (χ0v) is 14.5. The van der Waals surface area contributed by atoms with Gasteiger partial charge in [-0.25, -0.2) is 4.98 Å². The van der Waals surface area contributed by atoms with Crippen LogP contribution in [0.5, 0.6) is 0 Å². The fourth-order valence-corrected chi connectivity index (χ4v) is 2.90. The second-order valence-corrected chi connectivity index (χ2v) is 6.11. The summed E-state index contributed by atoms with van der Waals surface area (Å²) in [6.07, 6.45) is 2.63. The zero-order chi connectivity index (χ0) is 17.8. The third-order valence-electron chi connectivity index (χ3n) is 4.40. The molecule has 3 heterocycles. The van der Waals surface area contributed by atoms with Gasteiger partial charge in [-0.05, 0) is 25.5 Å². The Kier molecular flexibility index (Phi) is 5.23. The van der Waals surface area contributed by atoms with E-state index in [0.717, 1.165) is 6.42 Å². The number of hydrogen-bond acceptors (Lipinski definition) is 5. The van der Waals surface area contributed by atoms with Crippen LogP contribution in [0.1, 0.15) is 24.6 Å². The molecule has 0 radical (unpaired) electrons. The molecule has 25 heavy (non-hydrogen) atoms. The Morgan fingerprint density at radius 1 is 1.44 bits per heavy atom. The minimum Gasteiger partial charge on any atom is -0.375 e. The Balaban J connectivity index is 1.79. The lowest BCUT2D eigenvalue weighted by molar-refractivity contribution is -0.138. The summed E-state index contributed by atoms with van der Waals surface area (Å²) in [7, 11) is 0. The minimum absolute atomic E-state index is 0.0487. The summed E-state index contributed by atoms with van der Waals surface area (Å²) in [5, 5.41) is 0. The second-order valence-electron chi connectivity index (χ2n) is 6.11. The van der Waals surface area contributed by atoms with Crippen molar-refractivity contribution in [2.75, 3.05) is 19.7 Å². The van der Waals surface area contributed by atoms with E-state index in [1.165, 1.54) is 0 Å². The van der Waals surface area contributed by atoms with Crippen molar-refractivity contribution in [2.24, 2.45) is 0 Å². The first kappa shape index (κ1) is 17.3. The van der Waals surface area contributed by atoms with E-state index < -0.39 is 0 Å². The number of hydrogen-bond donors (Lipinski definition) is 1. The summed E-state index contributed by atoms with van der Waals surface area (Å²) in [5.74, 6) is 0.347. The van der Waals surface area contributed by atoms with E-state index in [1.54, 1.807) is 30.2 Å². The third kappa shape index (κ3) is 3.93. The van der Waals surface area contributed by atoms with Gasteiger partial charge in [-0.2, -0.15) is 0 Å². The van der Waals surface area contributed by atoms with Crippen LogP contribution < -0.4 is 5.56 Å². The Morgan fingerprint density at radius 3 is 2.96 bits per heavy atom. The summed E-state index contributed by atoms with van der Waals surface area (Å²) in [4.78, 5) is 38.1. The molecule has 0 unspecified atom stereocenters. The first-order chi connectivity index (χ1) is 12.1. The molecule has 0 aliphatic carbocycles. The first-order valence-electron chi connectivity index (χ1n) is 8.49. The van der Waals surface area contributed by atoms with Crippen LogP contribution in [0.4, 0.5) is 0 Å². The number of pyridine rings is 1. The SMILES string of the molecule is CC[C@H]1CN(C(=O)Cc2c(C)nc(-c3ccccn3)[nH]c2=O)CCO1. The van der Waals surface area contributed by atoms with E-state index in [0.29, 0.717) is 42.5 Å². The van der Waals surface area contributed by atoms with Gasteiger partial charge in [-0.3, -0.25) is 14.6 Å². The van der Waals surface area contributed by atoms with E-state index in [-0.39, 0.29) is 24.0 Å². The molecule has 0 bridgehead atoms. The Bertz CT molecular complexity index is 804. The molecule has 1 aliphatic heterocycles. The number of amides is 1. The molecular weight excluding hydrogens is 320 g/mol. The quantitative estimate of drug-likeness (QED) is 0.905. The van der Waals surface area contributed by atoms with E-state index in [4.69, 9.17) is 4.74 Å². The molecule has 0 saturated carbocycles. The minimum atomic E-state index is -0.290. The van der Waals surface area contributed by atoms with Crippen LogP contribution >= 0.6 is 0 Å². The van der Waals surface area contributed by atoms with Gasteiger partial charge in [-0.1, -0.05) is 13.0 Å². The van der Waals surface area contributed by atoms with Gasteiger partial charge in [0.1, 0.15) is 5.69 Å². The Hall–Kier alpha value is -2.54. The van der Waals surface area contributed by atoms with E-state index in [9.17, 15) is 9.59 Å². The fraction of sp³-hybridized carbons (Fsp3) is 0.444. The molecule has 2 aromatic rings. The number of aryl methyl sites for hydroxylation is 1. The summed E-state index contributed by atoms with van der Waals surface area (Å²) < 4.78 is 5.59. The first-order valence-corrected chi connectivity index (χ1v) is 8.49. The van der Waals surface area contributed by atoms with Crippen molar-refractivity contribution in [1.29, 1.82) is 0 Å². The van der Waals surface area contributed by atoms with Crippen LogP contribution in [0.3, 0.4) is 0 Å². The van der Waals surface area contributed by atoms with Crippen LogP contribution in [-0.4, -0.2) is 51.6 Å². The fourth-order valence-electron chi connectivity index (χ4n) is 2.90. The average molecular weight is 342 g/mol. The molecule has 3 rings (SSSR count). The Labute approximate surface area is 146 Å². The summed E-state index contributed by atoms with van der Waals surface area (Å²) in [5.41, 5.74) is 1.27. The van der Waals surface area contributed by atoms with Gasteiger partial charge >= 0.3 is 0 Å². The predicted octanol–water partition coefficient (Wildman–Crippen LogP) is 1.32. The zero-order valence-electron chi connectivity index (χ0n) is 14.5. The van der Waals surface area contributed by atoms with Crippen molar-refractivity contribution in [1.82, 2.24) is 19.9 Å². The summed E-state index contributed by atoms with van der Waals surface area (Å²) in [6.45, 7) is 5.46. The molecule has 2 aromatic heterocycles. The van der Waals surface area contributed by atoms with Gasteiger partial charge in [-0.15, -0.1) is 0 Å². The maximum Gasteiger partial charge on any atom is 0.255 e. The monoisotopic (exact) mass is 342 g/mol. The lowest BCUT2D eigenvalue weighted by atomic mass is 10.1. The molecule has 7 nitrogen and oxygen atoms in total. The van der Waals surface area contributed by atoms with Crippen molar-refractivity contribution in [3.8, 4) is 11.5 Å². The van der Waals surface area contributed by atoms with Gasteiger partial charge in [0.2, 0.25) is 5.91 Å². The molecule has 1 saturated heterocycles. The largest absolute Gasteiger partial charge is 0.375 e. The topological polar surface area (TPSA) is 88.2 Å². The molecule has 132 valence electrons. The predicted molar refractivity (Wildman–Crippen MR) is 93.1 cm³/mol. The molecule has 0 aromatic carbocycles. The van der Waals surface area contributed by atoms with Gasteiger partial charge in [0.05, 0.1) is 19.1 Å². The van der Waals surface area contributed by atoms with E-state index >= 15 is 0 Å². The highest BCUT2D eigenvalue weighted by atomic mass is 16.5. The lowest BCUT2D eigenvalue weighted by Gasteiger charge is -2.32. The van der Waals surface area contributed by atoms with Gasteiger partial charge in [0, 0.05) is 30.5 Å². The lowest BCUT2D eigenvalue weighted by Crippen LogP contribution is -2.46. The van der Waals surface area contributed by atoms with Crippen molar-refractivity contribution in [2.45, 2.75) is 32.8 Å². The molecule has 1 atom stereocenters. The molecular formula is C18H22N4O3. The number of rotatable bonds is 4. The number of H-pyrrole nitrogens is 1. The highest BCUT2D eigenvalue weighted by molar-refractivity contribution is 5.79. The number of morpholine rings is 1. The molecule has 1 fully saturated rings. The van der Waals surface area contributed by atoms with Gasteiger partial charge < -0.3 is 14.6 Å². The molecule has 1 N–H and O–H groups in total. The highest BCUT2D eigenvalue weighted by Crippen LogP contribution is 2.13. The van der Waals surface area contributed by atoms with Crippen LogP contribution in [0.15, 0.2) is 29.2 Å². The maximum atomic E-state index is 12.6. The standard InChI is InChI=1S/C18H22N4O3/c1-3-13-11-22(8-9-25-13)16(23)10-14-12(2)20-17(21-18(14)24)15-6-4-5-7-19-15/h4-7,13H,3,8-11H2,1-2H3,(H,20,21,24)/t13-/m0/s1. The number of aromatic amines is 1. The second kappa shape index (κ2) is 7.57. The van der Waals surface area contributed by atoms with Crippen molar-refractivity contribution >= 4 is 5.91 Å². The number of aromatic nitrogens is 3. The van der Waals surface area contributed by atoms with Gasteiger partial charge in [0.15, 0.2) is 5.82 Å². The number of nitrogens with one attached hydrogen (secondary N) is 1. The third-order valence-corrected chi connectivity index (χ3v) is 4.40. The van der Waals surface area contributed by atoms with E-state index in [2.05, 4.69) is 15.0 Å². The van der Waals surface area contributed by atoms with Crippen LogP contribution in [-0.2, 0) is 16.0 Å². The summed E-state index contributed by atoms with van der Waals surface area (Å²) >= 11 is 0. The number of nitrogens with zero attached hydrogens (tertiary/aromatic N) is 3. The van der Waals surface area contributed by atoms with Gasteiger partial charge in [0.25, 0.3) is 5.56 Å². The van der Waals surface area contributed by atoms with Crippen LogP contribution in [0.25, 0.3) is 11.5 Å². The highest BCUT2D eigenvalue weighted by Gasteiger charge is 2.24. The molecule has 0 spiro atoms. The molecule has 7 heteroatoms. The van der Waals surface area contributed by atoms with Crippen LogP contribution in [0, 0.1) is 6.92 Å². The number of carbonyl (C=O) groups excluding carboxylic acids is 1.